The van der Waals surface area contributed by atoms with Gasteiger partial charge in [-0.15, -0.1) is 0 Å². The van der Waals surface area contributed by atoms with Crippen LogP contribution in [0.2, 0.25) is 0 Å². The molecule has 0 spiro atoms. The van der Waals surface area contributed by atoms with E-state index in [2.05, 4.69) is 0 Å². The Bertz CT molecular complexity index is 595. The molecule has 0 aliphatic rings. The normalized spacial score (nSPS) is 11.1. The molecule has 1 aromatic rings. The van der Waals surface area contributed by atoms with Crippen LogP contribution in [-0.4, -0.2) is 47.9 Å². The first kappa shape index (κ1) is 18.6. The molecule has 0 aliphatic carbocycles. The summed E-state index contributed by atoms with van der Waals surface area (Å²) in [5.74, 6) is -4.40. The second-order valence-electron chi connectivity index (χ2n) is 5.08. The third-order valence-electron chi connectivity index (χ3n) is 3.63. The van der Waals surface area contributed by atoms with Gasteiger partial charge in [-0.2, -0.15) is 0 Å². The molecule has 1 rings (SSSR count). The number of carboxylic acid groups (broad SMARTS) is 2. The third kappa shape index (κ3) is 4.27. The third-order valence-corrected chi connectivity index (χ3v) is 3.63. The van der Waals surface area contributed by atoms with Gasteiger partial charge in [0.15, 0.2) is 0 Å². The zero-order valence-corrected chi connectivity index (χ0v) is 12.4. The second kappa shape index (κ2) is 7.70. The van der Waals surface area contributed by atoms with E-state index in [9.17, 15) is 34.8 Å². The Morgan fingerprint density at radius 2 is 1.65 bits per heavy atom. The van der Waals surface area contributed by atoms with Crippen molar-refractivity contribution in [3.63, 3.8) is 0 Å². The summed E-state index contributed by atoms with van der Waals surface area (Å²) < 4.78 is 4.97. The summed E-state index contributed by atoms with van der Waals surface area (Å²) in [6.07, 6.45) is 0.348. The highest BCUT2D eigenvalue weighted by atomic mass is 16.5. The van der Waals surface area contributed by atoms with E-state index in [1.807, 2.05) is 0 Å². The Morgan fingerprint density at radius 3 is 2.09 bits per heavy atom. The molecular weight excluding hydrogens is 308 g/mol. The van der Waals surface area contributed by atoms with Gasteiger partial charge in [0.1, 0.15) is 6.61 Å². The lowest BCUT2D eigenvalue weighted by molar-refractivity contribution is -0.259. The molecule has 0 unspecified atom stereocenters. The van der Waals surface area contributed by atoms with E-state index in [0.29, 0.717) is 6.42 Å². The molecule has 0 radical (unpaired) electrons. The van der Waals surface area contributed by atoms with Crippen LogP contribution in [0.15, 0.2) is 18.2 Å². The Morgan fingerprint density at radius 1 is 1.09 bits per heavy atom. The van der Waals surface area contributed by atoms with Crippen molar-refractivity contribution in [1.29, 1.82) is 0 Å². The van der Waals surface area contributed by atoms with Crippen molar-refractivity contribution < 1.29 is 39.5 Å². The van der Waals surface area contributed by atoms with Crippen molar-refractivity contribution in [3.8, 4) is 0 Å². The standard InChI is InChI=1S/C15H18O8/c1-2-15(6-16,7-17)8-23-14(22)9-3-4-10(12(18)19)11(5-9)13(20)21/h3-5,16-17H,2,6-8H2,1H3,(H,18,19)(H,20,21)/p-2. The summed E-state index contributed by atoms with van der Waals surface area (Å²) in [5.41, 5.74) is -2.52. The number of hydrogen-bond acceptors (Lipinski definition) is 8. The minimum absolute atomic E-state index is 0.199. The number of carboxylic acids is 2. The molecule has 0 saturated heterocycles. The molecule has 0 heterocycles. The summed E-state index contributed by atoms with van der Waals surface area (Å²) in [4.78, 5) is 33.7. The average molecular weight is 324 g/mol. The van der Waals surface area contributed by atoms with Crippen LogP contribution in [0.25, 0.3) is 0 Å². The minimum atomic E-state index is -1.77. The van der Waals surface area contributed by atoms with Gasteiger partial charge >= 0.3 is 5.97 Å². The van der Waals surface area contributed by atoms with Gasteiger partial charge < -0.3 is 34.8 Å². The number of aliphatic hydroxyl groups excluding tert-OH is 2. The van der Waals surface area contributed by atoms with Crippen molar-refractivity contribution in [2.45, 2.75) is 13.3 Å². The molecule has 8 nitrogen and oxygen atoms in total. The number of aliphatic hydroxyl groups is 2. The van der Waals surface area contributed by atoms with Crippen molar-refractivity contribution >= 4 is 17.9 Å². The molecule has 0 aliphatic heterocycles. The van der Waals surface area contributed by atoms with Gasteiger partial charge in [0, 0.05) is 11.1 Å². The predicted octanol–water partition coefficient (Wildman–Crippen LogP) is -2.05. The topological polar surface area (TPSA) is 147 Å². The molecule has 0 fully saturated rings. The minimum Gasteiger partial charge on any atom is -0.545 e. The fraction of sp³-hybridized carbons (Fsp3) is 0.400. The van der Waals surface area contributed by atoms with E-state index in [0.717, 1.165) is 18.2 Å². The van der Waals surface area contributed by atoms with E-state index in [-0.39, 0.29) is 12.2 Å². The van der Waals surface area contributed by atoms with Gasteiger partial charge in [0.2, 0.25) is 0 Å². The van der Waals surface area contributed by atoms with Crippen LogP contribution in [0.3, 0.4) is 0 Å². The van der Waals surface area contributed by atoms with Crippen LogP contribution in [0.4, 0.5) is 0 Å². The molecule has 126 valence electrons. The lowest BCUT2D eigenvalue weighted by Crippen LogP contribution is -2.35. The number of carbonyl (C=O) groups excluding carboxylic acids is 3. The van der Waals surface area contributed by atoms with Gasteiger partial charge in [-0.3, -0.25) is 0 Å². The maximum atomic E-state index is 11.9. The Hall–Kier alpha value is -2.45. The van der Waals surface area contributed by atoms with E-state index < -0.39 is 47.7 Å². The monoisotopic (exact) mass is 324 g/mol. The van der Waals surface area contributed by atoms with Crippen LogP contribution in [0.1, 0.15) is 44.4 Å². The molecule has 0 aromatic heterocycles. The molecule has 0 amide bonds. The smallest absolute Gasteiger partial charge is 0.338 e. The Labute approximate surface area is 131 Å². The first-order valence-electron chi connectivity index (χ1n) is 6.76. The van der Waals surface area contributed by atoms with Crippen LogP contribution in [0, 0.1) is 5.41 Å². The number of aromatic carboxylic acids is 2. The largest absolute Gasteiger partial charge is 0.545 e. The number of rotatable bonds is 8. The summed E-state index contributed by atoms with van der Waals surface area (Å²) >= 11 is 0. The van der Waals surface area contributed by atoms with Crippen molar-refractivity contribution in [1.82, 2.24) is 0 Å². The lowest BCUT2D eigenvalue weighted by Gasteiger charge is -2.27. The van der Waals surface area contributed by atoms with Crippen LogP contribution in [-0.2, 0) is 4.74 Å². The van der Waals surface area contributed by atoms with Crippen molar-refractivity contribution in [3.05, 3.63) is 34.9 Å². The summed E-state index contributed by atoms with van der Waals surface area (Å²) in [6, 6.07) is 2.79. The Balaban J connectivity index is 2.99. The number of ether oxygens (including phenoxy) is 1. The predicted molar refractivity (Wildman–Crippen MR) is 72.3 cm³/mol. The van der Waals surface area contributed by atoms with E-state index in [1.165, 1.54) is 0 Å². The number of carbonyl (C=O) groups is 3. The molecule has 8 heteroatoms. The number of benzene rings is 1. The Kier molecular flexibility index (Phi) is 6.23. The highest BCUT2D eigenvalue weighted by Gasteiger charge is 2.29. The van der Waals surface area contributed by atoms with Gasteiger partial charge in [-0.1, -0.05) is 13.0 Å². The van der Waals surface area contributed by atoms with E-state index in [1.54, 1.807) is 6.92 Å². The summed E-state index contributed by atoms with van der Waals surface area (Å²) in [5, 5.41) is 40.3. The second-order valence-corrected chi connectivity index (χ2v) is 5.08. The zero-order chi connectivity index (χ0) is 17.6. The average Bonchev–Trinajstić information content (AvgIpc) is 2.55. The maximum Gasteiger partial charge on any atom is 0.338 e. The molecule has 0 bridgehead atoms. The maximum absolute atomic E-state index is 11.9. The molecular formula is C15H16O8-2. The van der Waals surface area contributed by atoms with Gasteiger partial charge in [0.25, 0.3) is 0 Å². The number of esters is 1. The van der Waals surface area contributed by atoms with E-state index in [4.69, 9.17) is 4.74 Å². The molecule has 0 saturated carbocycles. The van der Waals surface area contributed by atoms with Crippen LogP contribution < -0.4 is 10.2 Å². The molecule has 23 heavy (non-hydrogen) atoms. The van der Waals surface area contributed by atoms with Crippen LogP contribution in [0.5, 0.6) is 0 Å². The first-order valence-corrected chi connectivity index (χ1v) is 6.76. The fourth-order valence-corrected chi connectivity index (χ4v) is 1.79. The lowest BCUT2D eigenvalue weighted by atomic mass is 9.88. The van der Waals surface area contributed by atoms with Gasteiger partial charge in [-0.05, 0) is 18.6 Å². The SMILES string of the molecule is CCC(CO)(CO)COC(=O)c1ccc(C(=O)[O-])c(C(=O)[O-])c1. The summed E-state index contributed by atoms with van der Waals surface area (Å²) in [6.45, 7) is 0.615. The van der Waals surface area contributed by atoms with Crippen LogP contribution >= 0.6 is 0 Å². The molecule has 1 aromatic carbocycles. The van der Waals surface area contributed by atoms with Gasteiger partial charge in [-0.25, -0.2) is 4.79 Å². The fourth-order valence-electron chi connectivity index (χ4n) is 1.79. The van der Waals surface area contributed by atoms with E-state index >= 15 is 0 Å². The quantitative estimate of drug-likeness (QED) is 0.519. The highest BCUT2D eigenvalue weighted by Crippen LogP contribution is 2.22. The van der Waals surface area contributed by atoms with Crippen molar-refractivity contribution in [2.24, 2.45) is 5.41 Å². The highest BCUT2D eigenvalue weighted by molar-refractivity contribution is 6.02. The molecule has 2 N–H and O–H groups in total. The molecule has 0 atom stereocenters. The summed E-state index contributed by atoms with van der Waals surface area (Å²) in [7, 11) is 0. The first-order chi connectivity index (χ1) is 10.8. The van der Waals surface area contributed by atoms with Gasteiger partial charge in [0.05, 0.1) is 36.1 Å². The zero-order valence-electron chi connectivity index (χ0n) is 12.4. The van der Waals surface area contributed by atoms with Crippen molar-refractivity contribution in [2.75, 3.05) is 19.8 Å². The number of hydrogen-bond donors (Lipinski definition) is 2.